The molecule has 1 heterocycles. The molecule has 1 aliphatic rings. The Bertz CT molecular complexity index is 401. The van der Waals surface area contributed by atoms with Gasteiger partial charge in [0.2, 0.25) is 0 Å². The smallest absolute Gasteiger partial charge is 0.0258 e. The molecule has 1 aromatic rings. The van der Waals surface area contributed by atoms with Crippen molar-refractivity contribution in [1.82, 2.24) is 0 Å². The highest BCUT2D eigenvalue weighted by atomic mass is 33.1. The van der Waals surface area contributed by atoms with Crippen LogP contribution in [0.3, 0.4) is 0 Å². The second-order valence-electron chi connectivity index (χ2n) is 4.19. The molecule has 0 N–H and O–H groups in total. The zero-order chi connectivity index (χ0) is 11.9. The van der Waals surface area contributed by atoms with E-state index in [0.29, 0.717) is 0 Å². The minimum absolute atomic E-state index is 1.22. The predicted octanol–water partition coefficient (Wildman–Crippen LogP) is 5.67. The summed E-state index contributed by atoms with van der Waals surface area (Å²) in [4.78, 5) is 1.36. The van der Waals surface area contributed by atoms with Gasteiger partial charge in [-0.15, -0.1) is 0 Å². The standard InChI is InChI=1S/C15H18S2/c1-2-3-4-6-13-8-10-14(11-9-13)15-7-5-12-16-17-15/h5,7-12H,2-4,6H2,1H3. The molecule has 0 spiro atoms. The Morgan fingerprint density at radius 2 is 1.88 bits per heavy atom. The molecule has 0 saturated carbocycles. The highest BCUT2D eigenvalue weighted by Crippen LogP contribution is 2.40. The third kappa shape index (κ3) is 3.97. The largest absolute Gasteiger partial charge is 0.0654 e. The van der Waals surface area contributed by atoms with E-state index in [9.17, 15) is 0 Å². The Labute approximate surface area is 112 Å². The first-order valence-corrected chi connectivity index (χ1v) is 8.41. The van der Waals surface area contributed by atoms with Gasteiger partial charge in [0.05, 0.1) is 0 Å². The van der Waals surface area contributed by atoms with Crippen LogP contribution >= 0.6 is 21.6 Å². The Morgan fingerprint density at radius 1 is 1.06 bits per heavy atom. The van der Waals surface area contributed by atoms with Gasteiger partial charge in [-0.1, -0.05) is 71.7 Å². The van der Waals surface area contributed by atoms with Gasteiger partial charge in [-0.05, 0) is 35.5 Å². The van der Waals surface area contributed by atoms with E-state index < -0.39 is 0 Å². The van der Waals surface area contributed by atoms with Crippen LogP contribution in [-0.2, 0) is 6.42 Å². The van der Waals surface area contributed by atoms with Crippen molar-refractivity contribution < 1.29 is 0 Å². The van der Waals surface area contributed by atoms with Gasteiger partial charge in [-0.25, -0.2) is 0 Å². The average molecular weight is 262 g/mol. The van der Waals surface area contributed by atoms with E-state index in [-0.39, 0.29) is 0 Å². The van der Waals surface area contributed by atoms with Crippen molar-refractivity contribution in [3.05, 3.63) is 53.0 Å². The molecule has 1 aliphatic heterocycles. The highest BCUT2D eigenvalue weighted by Gasteiger charge is 2.04. The molecule has 0 nitrogen and oxygen atoms in total. The number of aryl methyl sites for hydroxylation is 1. The number of allylic oxidation sites excluding steroid dienone is 2. The fourth-order valence-corrected chi connectivity index (χ4v) is 3.62. The number of unbranched alkanes of at least 4 members (excludes halogenated alkanes) is 2. The summed E-state index contributed by atoms with van der Waals surface area (Å²) in [6, 6.07) is 9.05. The Morgan fingerprint density at radius 3 is 2.53 bits per heavy atom. The molecule has 0 unspecified atom stereocenters. The molecule has 0 radical (unpaired) electrons. The summed E-state index contributed by atoms with van der Waals surface area (Å²) in [6.07, 6.45) is 9.47. The van der Waals surface area contributed by atoms with E-state index in [1.54, 1.807) is 10.8 Å². The summed E-state index contributed by atoms with van der Waals surface area (Å²) in [7, 11) is 3.62. The molecule has 0 bridgehead atoms. The van der Waals surface area contributed by atoms with E-state index in [1.165, 1.54) is 41.7 Å². The van der Waals surface area contributed by atoms with E-state index >= 15 is 0 Å². The van der Waals surface area contributed by atoms with Gasteiger partial charge in [0, 0.05) is 4.91 Å². The summed E-state index contributed by atoms with van der Waals surface area (Å²) < 4.78 is 0. The predicted molar refractivity (Wildman–Crippen MR) is 82.0 cm³/mol. The first kappa shape index (κ1) is 12.8. The van der Waals surface area contributed by atoms with E-state index in [2.05, 4.69) is 48.7 Å². The van der Waals surface area contributed by atoms with Crippen LogP contribution < -0.4 is 0 Å². The number of rotatable bonds is 5. The normalized spacial score (nSPS) is 14.8. The molecular formula is C15H18S2. The van der Waals surface area contributed by atoms with E-state index in [1.807, 2.05) is 10.8 Å². The number of benzene rings is 1. The van der Waals surface area contributed by atoms with Crippen LogP contribution in [0.1, 0.15) is 37.3 Å². The monoisotopic (exact) mass is 262 g/mol. The quantitative estimate of drug-likeness (QED) is 0.495. The van der Waals surface area contributed by atoms with E-state index in [0.717, 1.165) is 0 Å². The molecule has 1 aromatic carbocycles. The third-order valence-corrected chi connectivity index (χ3v) is 4.90. The summed E-state index contributed by atoms with van der Waals surface area (Å²) >= 11 is 0. The minimum Gasteiger partial charge on any atom is -0.0654 e. The van der Waals surface area contributed by atoms with Crippen molar-refractivity contribution in [1.29, 1.82) is 0 Å². The molecule has 0 saturated heterocycles. The van der Waals surface area contributed by atoms with Crippen molar-refractivity contribution in [3.8, 4) is 0 Å². The van der Waals surface area contributed by atoms with Crippen LogP contribution in [-0.4, -0.2) is 0 Å². The van der Waals surface area contributed by atoms with Gasteiger partial charge in [0.25, 0.3) is 0 Å². The van der Waals surface area contributed by atoms with Gasteiger partial charge in [-0.3, -0.25) is 0 Å². The Hall–Kier alpha value is -0.600. The maximum absolute atomic E-state index is 2.27. The molecule has 90 valence electrons. The Kier molecular flexibility index (Phi) is 5.27. The van der Waals surface area contributed by atoms with Gasteiger partial charge >= 0.3 is 0 Å². The fraction of sp³-hybridized carbons (Fsp3) is 0.333. The summed E-state index contributed by atoms with van der Waals surface area (Å²) in [5.74, 6) is 0. The summed E-state index contributed by atoms with van der Waals surface area (Å²) in [6.45, 7) is 2.25. The van der Waals surface area contributed by atoms with Crippen LogP contribution in [0.4, 0.5) is 0 Å². The van der Waals surface area contributed by atoms with Crippen LogP contribution in [0.5, 0.6) is 0 Å². The highest BCUT2D eigenvalue weighted by molar-refractivity contribution is 8.81. The molecule has 0 atom stereocenters. The maximum atomic E-state index is 2.27. The lowest BCUT2D eigenvalue weighted by Gasteiger charge is -2.08. The molecular weight excluding hydrogens is 244 g/mol. The van der Waals surface area contributed by atoms with Crippen LogP contribution in [0, 0.1) is 0 Å². The zero-order valence-electron chi connectivity index (χ0n) is 10.2. The first-order chi connectivity index (χ1) is 8.40. The molecule has 2 heteroatoms. The molecule has 0 amide bonds. The van der Waals surface area contributed by atoms with E-state index in [4.69, 9.17) is 0 Å². The summed E-state index contributed by atoms with van der Waals surface area (Å²) in [5.41, 5.74) is 2.80. The van der Waals surface area contributed by atoms with Crippen molar-refractivity contribution >= 4 is 26.5 Å². The minimum atomic E-state index is 1.22. The fourth-order valence-electron chi connectivity index (χ4n) is 1.83. The molecule has 0 aromatic heterocycles. The van der Waals surface area contributed by atoms with Crippen molar-refractivity contribution in [2.75, 3.05) is 0 Å². The number of hydrogen-bond acceptors (Lipinski definition) is 2. The van der Waals surface area contributed by atoms with Crippen LogP contribution in [0.25, 0.3) is 4.91 Å². The molecule has 17 heavy (non-hydrogen) atoms. The molecule has 2 rings (SSSR count). The third-order valence-electron chi connectivity index (χ3n) is 2.83. The van der Waals surface area contributed by atoms with Gasteiger partial charge in [0.15, 0.2) is 0 Å². The maximum Gasteiger partial charge on any atom is 0.0258 e. The van der Waals surface area contributed by atoms with Crippen LogP contribution in [0.2, 0.25) is 0 Å². The SMILES string of the molecule is CCCCCc1ccc(C2=CC=CSS2)cc1. The average Bonchev–Trinajstić information content (AvgIpc) is 2.41. The summed E-state index contributed by atoms with van der Waals surface area (Å²) in [5, 5.41) is 2.12. The lowest BCUT2D eigenvalue weighted by atomic mass is 10.1. The van der Waals surface area contributed by atoms with Gasteiger partial charge in [-0.2, -0.15) is 0 Å². The lowest BCUT2D eigenvalue weighted by Crippen LogP contribution is -1.87. The Balaban J connectivity index is 1.97. The van der Waals surface area contributed by atoms with Crippen LogP contribution in [0.15, 0.2) is 41.8 Å². The van der Waals surface area contributed by atoms with Crippen molar-refractivity contribution in [2.45, 2.75) is 32.6 Å². The lowest BCUT2D eigenvalue weighted by molar-refractivity contribution is 0.717. The van der Waals surface area contributed by atoms with Crippen molar-refractivity contribution in [3.63, 3.8) is 0 Å². The van der Waals surface area contributed by atoms with Gasteiger partial charge in [0.1, 0.15) is 0 Å². The van der Waals surface area contributed by atoms with Crippen molar-refractivity contribution in [2.24, 2.45) is 0 Å². The molecule has 0 fully saturated rings. The molecule has 0 aliphatic carbocycles. The second kappa shape index (κ2) is 6.97. The topological polar surface area (TPSA) is 0 Å². The number of hydrogen-bond donors (Lipinski definition) is 0. The zero-order valence-corrected chi connectivity index (χ0v) is 11.8. The van der Waals surface area contributed by atoms with Gasteiger partial charge < -0.3 is 0 Å². The first-order valence-electron chi connectivity index (χ1n) is 6.19. The second-order valence-corrected chi connectivity index (χ2v) is 6.34.